The van der Waals surface area contributed by atoms with Gasteiger partial charge in [-0.2, -0.15) is 0 Å². The minimum Gasteiger partial charge on any atom is -0.506 e. The first kappa shape index (κ1) is 57.5. The summed E-state index contributed by atoms with van der Waals surface area (Å²) < 4.78 is 79.1. The summed E-state index contributed by atoms with van der Waals surface area (Å²) in [5.41, 5.74) is 1.54. The Kier molecular flexibility index (Phi) is 16.2. The van der Waals surface area contributed by atoms with Crippen LogP contribution < -0.4 is 19.5 Å². The van der Waals surface area contributed by atoms with Crippen LogP contribution in [-0.2, 0) is 76.6 Å². The molecule has 5 fully saturated rings. The number of nitrogens with zero attached hydrogens (tertiary/aromatic N) is 4. The Morgan fingerprint density at radius 2 is 1.66 bits per heavy atom. The van der Waals surface area contributed by atoms with E-state index in [1.165, 1.54) is 48.2 Å². The van der Waals surface area contributed by atoms with Crippen LogP contribution in [-0.4, -0.2) is 223 Å². The summed E-state index contributed by atoms with van der Waals surface area (Å²) in [6.07, 6.45) is -10.2. The summed E-state index contributed by atoms with van der Waals surface area (Å²) >= 11 is 0. The van der Waals surface area contributed by atoms with Gasteiger partial charge < -0.3 is 102 Å². The fraction of sp³-hybridized carbons (Fsp3) is 0.585. The maximum Gasteiger partial charge on any atom is 0.407 e. The van der Waals surface area contributed by atoms with Crippen molar-refractivity contribution in [2.45, 2.75) is 118 Å². The molecule has 11 rings (SSSR count). The molecule has 5 saturated heterocycles. The summed E-state index contributed by atoms with van der Waals surface area (Å²) in [5.74, 6) is -5.53. The fourth-order valence-electron chi connectivity index (χ4n) is 11.7. The van der Waals surface area contributed by atoms with Gasteiger partial charge in [0.15, 0.2) is 18.0 Å². The number of carboxylic acids is 1. The second-order valence-electron chi connectivity index (χ2n) is 20.8. The minimum absolute atomic E-state index is 0.0108. The lowest BCUT2D eigenvalue weighted by molar-refractivity contribution is -0.287. The lowest BCUT2D eigenvalue weighted by Gasteiger charge is -2.48. The van der Waals surface area contributed by atoms with Crippen molar-refractivity contribution >= 4 is 42.4 Å². The molecule has 2 radical (unpaired) electrons. The van der Waals surface area contributed by atoms with E-state index in [1.54, 1.807) is 0 Å². The van der Waals surface area contributed by atoms with Gasteiger partial charge in [-0.3, -0.25) is 9.59 Å². The molecule has 7 N–H and O–H groups in total. The second kappa shape index (κ2) is 23.0. The molecule has 28 nitrogen and oxygen atoms in total. The van der Waals surface area contributed by atoms with E-state index < -0.39 is 84.2 Å². The highest BCUT2D eigenvalue weighted by Gasteiger charge is 2.91. The van der Waals surface area contributed by atoms with Crippen molar-refractivity contribution in [3.05, 3.63) is 64.0 Å². The van der Waals surface area contributed by atoms with E-state index in [0.717, 1.165) is 5.56 Å². The number of alkyl carbamates (subject to hydrolysis) is 1. The number of nitrogens with one attached hydrogen (secondary N) is 1. The quantitative estimate of drug-likeness (QED) is 0.0274. The maximum atomic E-state index is 13.6. The number of ketones is 1. The van der Waals surface area contributed by atoms with Crippen LogP contribution >= 0.6 is 0 Å². The van der Waals surface area contributed by atoms with Crippen LogP contribution in [0.4, 0.5) is 4.79 Å². The zero-order valence-electron chi connectivity index (χ0n) is 44.9. The number of phenolic OH excluding ortho intramolecular Hbond substituents is 1. The van der Waals surface area contributed by atoms with Gasteiger partial charge >= 0.3 is 12.1 Å². The standard InChI is InChI=1S/C53H62BN5O23/c1-25-17-29-37(38(62)36-28(42(29)70-2)5-4-6-32(36)60)43-35(25)44-46-53(71-3,81-43)51(24-77-51)52(80-44,82-46)23-55-50(69)76-21-26-7-8-33(78-49-41(65)39(63)40(64)45(79-49)48(67)68)31(18-26)59-20-27(56-57-59)22-75-16-15-74-14-13-73-12-11-72-10-9-58-34(61)19-30(54)47(58)66/h7-8,17-18,20,30,39-41,44-47,49,62-66H,4-6,9-16,19,21-24H2,1-3H3,(H,55,69)(H,67,68)/t30?,39-,40-,41+,44?,45-,46?,47?,49+,51+,52?,53+/m0/s1. The largest absolute Gasteiger partial charge is 0.506 e. The van der Waals surface area contributed by atoms with Crippen molar-refractivity contribution in [2.75, 3.05) is 80.2 Å². The number of aliphatic hydroxyl groups excluding tert-OH is 4. The molecule has 4 aromatic rings. The highest BCUT2D eigenvalue weighted by atomic mass is 16.9. The second-order valence-corrected chi connectivity index (χ2v) is 20.8. The van der Waals surface area contributed by atoms with Gasteiger partial charge in [0, 0.05) is 43.0 Å². The molecule has 1 aliphatic carbocycles. The van der Waals surface area contributed by atoms with Crippen molar-refractivity contribution in [1.29, 1.82) is 0 Å². The molecule has 82 heavy (non-hydrogen) atoms. The van der Waals surface area contributed by atoms with Gasteiger partial charge in [-0.1, -0.05) is 11.3 Å². The number of rotatable bonds is 24. The number of methoxy groups -OCH3 is 2. The van der Waals surface area contributed by atoms with Gasteiger partial charge in [0.1, 0.15) is 71.6 Å². The Morgan fingerprint density at radius 1 is 0.927 bits per heavy atom. The lowest BCUT2D eigenvalue weighted by atomic mass is 9.78. The normalized spacial score (nSPS) is 30.4. The third kappa shape index (κ3) is 9.96. The van der Waals surface area contributed by atoms with E-state index in [9.17, 15) is 49.8 Å². The van der Waals surface area contributed by atoms with Gasteiger partial charge in [-0.25, -0.2) is 14.3 Å². The van der Waals surface area contributed by atoms with Crippen LogP contribution in [0.25, 0.3) is 16.5 Å². The first-order chi connectivity index (χ1) is 39.5. The van der Waals surface area contributed by atoms with Crippen molar-refractivity contribution in [3.63, 3.8) is 0 Å². The highest BCUT2D eigenvalue weighted by molar-refractivity contribution is 6.15. The number of aryl methyl sites for hydroxylation is 1. The van der Waals surface area contributed by atoms with Crippen LogP contribution in [0.2, 0.25) is 5.82 Å². The van der Waals surface area contributed by atoms with Gasteiger partial charge in [0.2, 0.25) is 23.6 Å². The fourth-order valence-corrected chi connectivity index (χ4v) is 11.7. The number of epoxide rings is 1. The molecule has 1 spiro atoms. The molecule has 440 valence electrons. The zero-order chi connectivity index (χ0) is 57.8. The van der Waals surface area contributed by atoms with E-state index >= 15 is 0 Å². The first-order valence-electron chi connectivity index (χ1n) is 26.7. The van der Waals surface area contributed by atoms with E-state index in [2.05, 4.69) is 15.6 Å². The number of ether oxygens (including phenoxy) is 13. The zero-order valence-corrected chi connectivity index (χ0v) is 44.9. The number of phenols is 1. The molecule has 1 aromatic heterocycles. The maximum absolute atomic E-state index is 13.6. The summed E-state index contributed by atoms with van der Waals surface area (Å²) in [6, 6.07) is 6.27. The van der Waals surface area contributed by atoms with Crippen molar-refractivity contribution in [2.24, 2.45) is 0 Å². The molecule has 7 heterocycles. The van der Waals surface area contributed by atoms with Crippen LogP contribution in [0.1, 0.15) is 63.7 Å². The summed E-state index contributed by atoms with van der Waals surface area (Å²) in [6.45, 7) is 3.21. The molecule has 12 atom stereocenters. The summed E-state index contributed by atoms with van der Waals surface area (Å²) in [4.78, 5) is 52.0. The Balaban J connectivity index is 0.723. The number of hydrogen-bond donors (Lipinski definition) is 7. The van der Waals surface area contributed by atoms with E-state index in [4.69, 9.17) is 69.4 Å². The Bertz CT molecular complexity index is 3110. The Hall–Kier alpha value is -6.32. The number of Topliss-reactive ketones (excluding diaryl/α,β-unsaturated/α-hetero) is 1. The van der Waals surface area contributed by atoms with E-state index in [1.807, 2.05) is 13.0 Å². The van der Waals surface area contributed by atoms with Gasteiger partial charge in [-0.15, -0.1) is 5.10 Å². The number of aliphatic hydroxyl groups is 4. The van der Waals surface area contributed by atoms with Gasteiger partial charge in [-0.05, 0) is 54.9 Å². The number of hydrogen-bond acceptors (Lipinski definition) is 24. The number of carbonyl (C=O) groups is 4. The molecule has 2 bridgehead atoms. The average molecular weight is 1150 g/mol. The molecule has 0 saturated carbocycles. The molecular weight excluding hydrogens is 1090 g/mol. The molecular formula is C53H62BN5O23. The molecule has 3 aromatic carbocycles. The monoisotopic (exact) mass is 1150 g/mol. The first-order valence-corrected chi connectivity index (χ1v) is 26.7. The number of carbonyl (C=O) groups excluding carboxylic acids is 3. The van der Waals surface area contributed by atoms with Gasteiger partial charge in [0.25, 0.3) is 5.79 Å². The molecule has 5 unspecified atom stereocenters. The van der Waals surface area contributed by atoms with Crippen LogP contribution in [0.5, 0.6) is 23.0 Å². The van der Waals surface area contributed by atoms with Crippen molar-refractivity contribution in [3.8, 4) is 28.7 Å². The lowest BCUT2D eigenvalue weighted by Crippen LogP contribution is -2.69. The van der Waals surface area contributed by atoms with Crippen molar-refractivity contribution < 1.29 is 111 Å². The van der Waals surface area contributed by atoms with Crippen LogP contribution in [0, 0.1) is 6.92 Å². The topological polar surface area (TPSA) is 359 Å². The average Bonchev–Trinajstić information content (AvgIpc) is 1.52. The Labute approximate surface area is 468 Å². The summed E-state index contributed by atoms with van der Waals surface area (Å²) in [5, 5.41) is 75.0. The number of aromatic hydroxyl groups is 1. The number of fused-ring (bicyclic) bond motifs is 8. The van der Waals surface area contributed by atoms with E-state index in [0.29, 0.717) is 46.4 Å². The molecule has 7 aliphatic rings. The number of aliphatic carboxylic acids is 1. The smallest absolute Gasteiger partial charge is 0.407 e. The predicted molar refractivity (Wildman–Crippen MR) is 273 cm³/mol. The number of carboxylic acid groups (broad SMARTS) is 1. The molecule has 29 heteroatoms. The van der Waals surface area contributed by atoms with Gasteiger partial charge in [0.05, 0.1) is 98.1 Å². The number of aromatic nitrogens is 3. The van der Waals surface area contributed by atoms with Crippen LogP contribution in [0.15, 0.2) is 30.5 Å². The predicted octanol–water partition coefficient (Wildman–Crippen LogP) is -0.0959. The third-order valence-corrected chi connectivity index (χ3v) is 15.8. The molecule has 6 aliphatic heterocycles. The number of benzene rings is 3. The SMILES string of the molecule is [B]C1CC(=O)N(CCOCCOCCOCCOCc2cn(-c3cc(COC(=O)NCC45OC6c7c(C)cc8c(OC)c9c(c(O)c8c7O[C@](OC)(C6O4)[C@@]54CO4)C(=O)CCC9)ccc3O[C@@H]3O[C@H](C(=O)O)[C@@H](O)[C@H](O)[C@H]3O)nn2)C1O. The number of amides is 2. The van der Waals surface area contributed by atoms with Crippen LogP contribution in [0.3, 0.4) is 0 Å². The Morgan fingerprint density at radius 3 is 2.34 bits per heavy atom. The third-order valence-electron chi connectivity index (χ3n) is 15.8. The minimum atomic E-state index is -1.97. The number of likely N-dealkylation sites (tertiary alicyclic amines) is 1. The summed E-state index contributed by atoms with van der Waals surface area (Å²) in [7, 11) is 8.67. The highest BCUT2D eigenvalue weighted by Crippen LogP contribution is 2.71. The van der Waals surface area contributed by atoms with E-state index in [-0.39, 0.29) is 138 Å². The van der Waals surface area contributed by atoms with Crippen molar-refractivity contribution in [1.82, 2.24) is 25.2 Å². The molecule has 2 amide bonds.